The number of carboxylic acids is 6. The third-order valence-corrected chi connectivity index (χ3v) is 13.6. The summed E-state index contributed by atoms with van der Waals surface area (Å²) >= 11 is 2.17. The maximum Gasteiger partial charge on any atom is 0.326 e. The zero-order valence-electron chi connectivity index (χ0n) is 43.9. The van der Waals surface area contributed by atoms with Crippen LogP contribution in [0.2, 0.25) is 0 Å². The van der Waals surface area contributed by atoms with E-state index in [-0.39, 0.29) is 149 Å². The summed E-state index contributed by atoms with van der Waals surface area (Å²) in [4.78, 5) is 130. The number of urea groups is 1. The monoisotopic (exact) mass is 1230 g/mol. The number of amides is 5. The molecule has 0 bridgehead atoms. The van der Waals surface area contributed by atoms with E-state index in [1.54, 1.807) is 48.8 Å². The third-order valence-electron chi connectivity index (χ3n) is 12.9. The van der Waals surface area contributed by atoms with E-state index in [0.29, 0.717) is 30.4 Å². The van der Waals surface area contributed by atoms with Gasteiger partial charge in [0.25, 0.3) is 5.91 Å². The Morgan fingerprint density at radius 3 is 1.61 bits per heavy atom. The van der Waals surface area contributed by atoms with Crippen LogP contribution in [-0.4, -0.2) is 234 Å². The number of unbranched alkanes of at least 4 members (excludes halogenated alkanes) is 2. The number of nitrogens with one attached hydrogen (secondary N) is 4. The van der Waals surface area contributed by atoms with Crippen LogP contribution in [0.4, 0.5) is 4.79 Å². The molecule has 1 aliphatic rings. The Morgan fingerprint density at radius 2 is 1.10 bits per heavy atom. The minimum Gasteiger partial charge on any atom is -0.481 e. The molecule has 1 aliphatic heterocycles. The standard InChI is InChI=1S/C51H74IN9O18/c52-37-13-9-35(10-14-37)30-61(20-4-2-5-38(48(73)74)55-51(79)56-39(49(75)76)15-18-43(64)65)42(63)6-1-3-19-53-47(72)36-11-7-34(8-12-36)29-54-41(62)17-16-40(50(77)78)60-27-25-58(32-45(68)69)23-21-57(31-44(66)67)22-24-59(26-28-60)33-46(70)71/h7-14,38-40,49,75-76H,1-6,15-33H2,(H,53,72)(H,54,62)(H,64,65)(H,66,67)(H,68,69)(H,70,71)(H,73,74)(H,77,78)(H2,55,56,79)/t38-,39-,40?/m0/s1. The molecule has 12 N–H and O–H groups in total. The summed E-state index contributed by atoms with van der Waals surface area (Å²) in [6.45, 7) is 0.811. The number of aliphatic hydroxyl groups excluding tert-OH is 1. The quantitative estimate of drug-likeness (QED) is 0.0254. The highest BCUT2D eigenvalue weighted by molar-refractivity contribution is 14.1. The van der Waals surface area contributed by atoms with Crippen molar-refractivity contribution in [3.63, 3.8) is 0 Å². The minimum atomic E-state index is -2.08. The molecule has 3 atom stereocenters. The summed E-state index contributed by atoms with van der Waals surface area (Å²) in [5, 5.41) is 86.5. The van der Waals surface area contributed by atoms with Crippen LogP contribution in [0, 0.1) is 3.57 Å². The van der Waals surface area contributed by atoms with E-state index in [9.17, 15) is 83.7 Å². The maximum atomic E-state index is 13.5. The molecular weight excluding hydrogens is 1150 g/mol. The van der Waals surface area contributed by atoms with Crippen molar-refractivity contribution in [1.82, 2.24) is 45.8 Å². The van der Waals surface area contributed by atoms with Gasteiger partial charge >= 0.3 is 41.8 Å². The van der Waals surface area contributed by atoms with E-state index in [1.165, 1.54) is 0 Å². The molecule has 2 aromatic rings. The summed E-state index contributed by atoms with van der Waals surface area (Å²) in [6.07, 6.45) is -1.43. The Kier molecular flexibility index (Phi) is 30.3. The largest absolute Gasteiger partial charge is 0.481 e. The van der Waals surface area contributed by atoms with Gasteiger partial charge in [0.15, 0.2) is 6.29 Å². The molecule has 1 fully saturated rings. The molecule has 0 aromatic heterocycles. The molecule has 0 radical (unpaired) electrons. The van der Waals surface area contributed by atoms with Gasteiger partial charge in [-0.05, 0) is 103 Å². The SMILES string of the molecule is O=C(O)CC[C@H](NC(=O)N[C@@H](CCCCN(Cc1ccc(I)cc1)C(=O)CCCCNC(=O)c1ccc(CNC(=O)CCC(C(=O)O)N2CCN(CC(=O)O)CCN(CC(=O)O)CCN(CC(=O)O)CC2)cc1)C(=O)O)C(O)O. The van der Waals surface area contributed by atoms with Crippen LogP contribution in [0.25, 0.3) is 0 Å². The average molecular weight is 1230 g/mol. The van der Waals surface area contributed by atoms with E-state index in [4.69, 9.17) is 5.11 Å². The first kappa shape index (κ1) is 66.7. The van der Waals surface area contributed by atoms with Crippen LogP contribution < -0.4 is 21.3 Å². The smallest absolute Gasteiger partial charge is 0.326 e. The van der Waals surface area contributed by atoms with Gasteiger partial charge in [0.2, 0.25) is 11.8 Å². The van der Waals surface area contributed by atoms with Crippen molar-refractivity contribution in [2.75, 3.05) is 85.1 Å². The lowest BCUT2D eigenvalue weighted by molar-refractivity contribution is -0.145. The highest BCUT2D eigenvalue weighted by Crippen LogP contribution is 2.15. The number of aliphatic carboxylic acids is 6. The molecule has 27 nitrogen and oxygen atoms in total. The van der Waals surface area contributed by atoms with Crippen molar-refractivity contribution >= 4 is 82.2 Å². The zero-order valence-corrected chi connectivity index (χ0v) is 46.0. The summed E-state index contributed by atoms with van der Waals surface area (Å²) in [5.74, 6) is -8.11. The first-order valence-electron chi connectivity index (χ1n) is 25.8. The summed E-state index contributed by atoms with van der Waals surface area (Å²) in [6, 6.07) is 9.16. The predicted molar refractivity (Wildman–Crippen MR) is 289 cm³/mol. The zero-order chi connectivity index (χ0) is 58.4. The average Bonchev–Trinajstić information content (AvgIpc) is 3.38. The van der Waals surface area contributed by atoms with Crippen molar-refractivity contribution in [2.24, 2.45) is 0 Å². The fourth-order valence-corrected chi connectivity index (χ4v) is 8.88. The number of halogens is 1. The molecule has 0 spiro atoms. The van der Waals surface area contributed by atoms with Crippen LogP contribution in [0.1, 0.15) is 85.7 Å². The number of rotatable bonds is 33. The van der Waals surface area contributed by atoms with Crippen LogP contribution in [0.5, 0.6) is 0 Å². The first-order valence-corrected chi connectivity index (χ1v) is 26.9. The lowest BCUT2D eigenvalue weighted by Gasteiger charge is -2.35. The van der Waals surface area contributed by atoms with E-state index in [0.717, 1.165) is 9.13 Å². The van der Waals surface area contributed by atoms with Gasteiger partial charge in [-0.2, -0.15) is 0 Å². The molecule has 0 saturated carbocycles. The maximum absolute atomic E-state index is 13.5. The fourth-order valence-electron chi connectivity index (χ4n) is 8.52. The van der Waals surface area contributed by atoms with Gasteiger partial charge in [-0.3, -0.25) is 58.0 Å². The highest BCUT2D eigenvalue weighted by atomic mass is 127. The number of carbonyl (C=O) groups is 10. The normalized spacial score (nSPS) is 15.3. The van der Waals surface area contributed by atoms with Crippen LogP contribution in [0.3, 0.4) is 0 Å². The lowest BCUT2D eigenvalue weighted by Crippen LogP contribution is -2.52. The van der Waals surface area contributed by atoms with E-state index >= 15 is 0 Å². The summed E-state index contributed by atoms with van der Waals surface area (Å²) < 4.78 is 1.00. The van der Waals surface area contributed by atoms with Gasteiger partial charge in [-0.1, -0.05) is 24.3 Å². The Balaban J connectivity index is 1.49. The predicted octanol–water partition coefficient (Wildman–Crippen LogP) is 0.0119. The second-order valence-electron chi connectivity index (χ2n) is 19.0. The van der Waals surface area contributed by atoms with Gasteiger partial charge in [0, 0.05) is 107 Å². The van der Waals surface area contributed by atoms with Gasteiger partial charge in [0.1, 0.15) is 12.1 Å². The second-order valence-corrected chi connectivity index (χ2v) is 20.3. The van der Waals surface area contributed by atoms with Crippen molar-refractivity contribution in [2.45, 2.75) is 102 Å². The highest BCUT2D eigenvalue weighted by Gasteiger charge is 2.29. The number of aliphatic hydroxyl groups is 2. The van der Waals surface area contributed by atoms with Gasteiger partial charge in [-0.15, -0.1) is 0 Å². The number of nitrogens with zero attached hydrogens (tertiary/aromatic N) is 5. The molecule has 1 saturated heterocycles. The van der Waals surface area contributed by atoms with Crippen LogP contribution >= 0.6 is 22.6 Å². The molecule has 438 valence electrons. The number of carboxylic acid groups (broad SMARTS) is 6. The Hall–Kier alpha value is -6.57. The van der Waals surface area contributed by atoms with Crippen molar-refractivity contribution < 1.29 is 88.8 Å². The Labute approximate surface area is 470 Å². The third kappa shape index (κ3) is 27.7. The number of hydrogen-bond acceptors (Lipinski definition) is 16. The van der Waals surface area contributed by atoms with Gasteiger partial charge in [-0.25, -0.2) is 9.59 Å². The lowest BCUT2D eigenvalue weighted by atomic mass is 10.1. The van der Waals surface area contributed by atoms with Crippen LogP contribution in [0.15, 0.2) is 48.5 Å². The number of benzene rings is 2. The van der Waals surface area contributed by atoms with Crippen molar-refractivity contribution in [3.8, 4) is 0 Å². The minimum absolute atomic E-state index is 0.0180. The molecule has 1 heterocycles. The van der Waals surface area contributed by atoms with Crippen molar-refractivity contribution in [1.29, 1.82) is 0 Å². The van der Waals surface area contributed by atoms with Crippen molar-refractivity contribution in [3.05, 3.63) is 68.8 Å². The van der Waals surface area contributed by atoms with Crippen LogP contribution in [-0.2, 0) is 51.4 Å². The Morgan fingerprint density at radius 1 is 0.557 bits per heavy atom. The molecule has 2 aromatic carbocycles. The summed E-state index contributed by atoms with van der Waals surface area (Å²) in [5.41, 5.74) is 1.87. The van der Waals surface area contributed by atoms with Gasteiger partial charge < -0.3 is 67.0 Å². The second kappa shape index (κ2) is 35.8. The molecule has 1 unspecified atom stereocenters. The first-order chi connectivity index (χ1) is 37.5. The molecular formula is C51H74IN9O18. The molecule has 79 heavy (non-hydrogen) atoms. The fraction of sp³-hybridized carbons (Fsp3) is 0.569. The van der Waals surface area contributed by atoms with E-state index in [2.05, 4.69) is 43.9 Å². The molecule has 0 aliphatic carbocycles. The summed E-state index contributed by atoms with van der Waals surface area (Å²) in [7, 11) is 0. The van der Waals surface area contributed by atoms with E-state index < -0.39 is 78.6 Å². The Bertz CT molecular complexity index is 2300. The molecule has 5 amide bonds. The van der Waals surface area contributed by atoms with E-state index in [1.807, 2.05) is 24.3 Å². The number of hydrogen-bond donors (Lipinski definition) is 12. The number of carbonyl (C=O) groups excluding carboxylic acids is 4. The molecule has 28 heteroatoms. The van der Waals surface area contributed by atoms with Gasteiger partial charge in [0.05, 0.1) is 25.7 Å². The topological polar surface area (TPSA) is 397 Å². The molecule has 3 rings (SSSR count).